The Kier molecular flexibility index (Phi) is 6.93. The summed E-state index contributed by atoms with van der Waals surface area (Å²) < 4.78 is 30.1. The minimum absolute atomic E-state index is 0.0493. The summed E-state index contributed by atoms with van der Waals surface area (Å²) in [5.74, 6) is -1.27. The molecule has 0 saturated heterocycles. The van der Waals surface area contributed by atoms with E-state index in [4.69, 9.17) is 22.3 Å². The molecule has 0 radical (unpaired) electrons. The van der Waals surface area contributed by atoms with E-state index >= 15 is 0 Å². The van der Waals surface area contributed by atoms with E-state index in [1.54, 1.807) is 6.20 Å². The van der Waals surface area contributed by atoms with Crippen LogP contribution in [0.2, 0.25) is 5.02 Å². The minimum Gasteiger partial charge on any atom is -0.393 e. The summed E-state index contributed by atoms with van der Waals surface area (Å²) in [5, 5.41) is 16.2. The molecule has 5 N–H and O–H groups in total. The van der Waals surface area contributed by atoms with Gasteiger partial charge in [-0.25, -0.2) is 18.7 Å². The van der Waals surface area contributed by atoms with Crippen molar-refractivity contribution in [2.24, 2.45) is 11.1 Å². The zero-order valence-corrected chi connectivity index (χ0v) is 21.2. The molecule has 198 valence electrons. The molecule has 2 saturated carbocycles. The number of nitrogens with one attached hydrogen (secondary N) is 2. The molecule has 2 aliphatic rings. The number of primary amides is 1. The average molecular weight is 534 g/mol. The summed E-state index contributed by atoms with van der Waals surface area (Å²) in [6.45, 7) is 1.87. The van der Waals surface area contributed by atoms with Gasteiger partial charge in [-0.05, 0) is 57.4 Å². The maximum Gasteiger partial charge on any atom is 0.224 e. The number of carbonyl (C=O) groups excluding carboxylic acids is 1. The largest absolute Gasteiger partial charge is 0.393 e. The smallest absolute Gasteiger partial charge is 0.224 e. The van der Waals surface area contributed by atoms with Gasteiger partial charge in [0.25, 0.3) is 0 Å². The van der Waals surface area contributed by atoms with E-state index < -0.39 is 17.0 Å². The molecule has 1 aromatic carbocycles. The first-order chi connectivity index (χ1) is 17.6. The van der Waals surface area contributed by atoms with Crippen molar-refractivity contribution < 1.29 is 18.7 Å². The predicted octanol–water partition coefficient (Wildman–Crippen LogP) is 4.82. The van der Waals surface area contributed by atoms with Gasteiger partial charge in [0.15, 0.2) is 11.5 Å². The van der Waals surface area contributed by atoms with Crippen molar-refractivity contribution in [1.82, 2.24) is 19.5 Å². The van der Waals surface area contributed by atoms with Gasteiger partial charge in [0, 0.05) is 23.6 Å². The van der Waals surface area contributed by atoms with Crippen LogP contribution in [-0.2, 0) is 4.79 Å². The quantitative estimate of drug-likeness (QED) is 0.357. The molecule has 2 heterocycles. The van der Waals surface area contributed by atoms with Gasteiger partial charge < -0.3 is 21.5 Å². The van der Waals surface area contributed by atoms with Crippen LogP contribution in [0.5, 0.6) is 0 Å². The van der Waals surface area contributed by atoms with Gasteiger partial charge >= 0.3 is 0 Å². The molecule has 5 rings (SSSR count). The van der Waals surface area contributed by atoms with Gasteiger partial charge in [0.2, 0.25) is 17.8 Å². The number of aliphatic hydroxyl groups is 1. The van der Waals surface area contributed by atoms with Crippen molar-refractivity contribution in [3.63, 3.8) is 0 Å². The Morgan fingerprint density at radius 1 is 1.22 bits per heavy atom. The number of nitrogens with zero attached hydrogens (tertiary/aromatic N) is 4. The van der Waals surface area contributed by atoms with Crippen LogP contribution in [0, 0.1) is 17.0 Å². The van der Waals surface area contributed by atoms with Gasteiger partial charge in [0.05, 0.1) is 23.0 Å². The van der Waals surface area contributed by atoms with E-state index in [1.807, 2.05) is 11.5 Å². The normalized spacial score (nSPS) is 26.2. The van der Waals surface area contributed by atoms with E-state index in [2.05, 4.69) is 20.6 Å². The number of anilines is 3. The molecule has 37 heavy (non-hydrogen) atoms. The number of aliphatic hydroxyl groups excluding tert-OH is 1. The van der Waals surface area contributed by atoms with Crippen LogP contribution in [0.4, 0.5) is 26.4 Å². The van der Waals surface area contributed by atoms with Crippen molar-refractivity contribution in [1.29, 1.82) is 0 Å². The van der Waals surface area contributed by atoms with Crippen LogP contribution in [0.15, 0.2) is 18.3 Å². The molecule has 9 nitrogen and oxygen atoms in total. The third-order valence-corrected chi connectivity index (χ3v) is 7.97. The van der Waals surface area contributed by atoms with Gasteiger partial charge in [-0.3, -0.25) is 9.36 Å². The van der Waals surface area contributed by atoms with Crippen LogP contribution in [0.25, 0.3) is 11.2 Å². The number of nitrogens with two attached hydrogens (primary N) is 1. The SMILES string of the molecule is CC1(C(N)=O)CCC(n2c(Nc3c(F)cc(F)cc3Cl)nc3cnc(NC4CCC[C@@H](O)C4)nc32)CC1. The van der Waals surface area contributed by atoms with Crippen molar-refractivity contribution in [3.8, 4) is 0 Å². The molecule has 1 unspecified atom stereocenters. The van der Waals surface area contributed by atoms with Crippen molar-refractivity contribution >= 4 is 46.3 Å². The second-order valence-corrected chi connectivity index (χ2v) is 10.8. The standard InChI is InChI=1S/C25H30ClF2N7O2/c1-25(22(29)37)7-5-15(6-8-25)35-21-19(12-30-23(34-21)31-14-3-2-4-16(36)11-14)32-24(35)33-20-17(26)9-13(27)10-18(20)28/h9-10,12,14-16,36H,2-8,11H2,1H3,(H2,29,37)(H,32,33)(H,30,31,34)/t14?,15?,16-,25?/m1/s1. The second kappa shape index (κ2) is 10.0. The molecule has 0 spiro atoms. The monoisotopic (exact) mass is 533 g/mol. The first-order valence-electron chi connectivity index (χ1n) is 12.5. The predicted molar refractivity (Wildman–Crippen MR) is 137 cm³/mol. The number of amides is 1. The number of carbonyl (C=O) groups is 1. The summed E-state index contributed by atoms with van der Waals surface area (Å²) in [6.07, 6.45) is 6.86. The van der Waals surface area contributed by atoms with Crippen LogP contribution in [-0.4, -0.2) is 42.7 Å². The van der Waals surface area contributed by atoms with Crippen LogP contribution < -0.4 is 16.4 Å². The summed E-state index contributed by atoms with van der Waals surface area (Å²) in [5.41, 5.74) is 5.97. The highest BCUT2D eigenvalue weighted by Gasteiger charge is 2.38. The number of benzene rings is 1. The lowest BCUT2D eigenvalue weighted by atomic mass is 9.73. The second-order valence-electron chi connectivity index (χ2n) is 10.4. The third-order valence-electron chi connectivity index (χ3n) is 7.67. The Bertz CT molecular complexity index is 1300. The van der Waals surface area contributed by atoms with Gasteiger partial charge in [0.1, 0.15) is 11.3 Å². The zero-order chi connectivity index (χ0) is 26.3. The highest BCUT2D eigenvalue weighted by atomic mass is 35.5. The van der Waals surface area contributed by atoms with Crippen LogP contribution >= 0.6 is 11.6 Å². The number of fused-ring (bicyclic) bond motifs is 1. The molecular weight excluding hydrogens is 504 g/mol. The van der Waals surface area contributed by atoms with E-state index in [9.17, 15) is 18.7 Å². The Morgan fingerprint density at radius 3 is 2.65 bits per heavy atom. The number of hydrogen-bond donors (Lipinski definition) is 4. The fourth-order valence-corrected chi connectivity index (χ4v) is 5.63. The van der Waals surface area contributed by atoms with Gasteiger partial charge in [-0.2, -0.15) is 4.98 Å². The van der Waals surface area contributed by atoms with Gasteiger partial charge in [-0.15, -0.1) is 0 Å². The third kappa shape index (κ3) is 5.19. The molecule has 2 fully saturated rings. The number of rotatable bonds is 6. The lowest BCUT2D eigenvalue weighted by Crippen LogP contribution is -2.38. The number of hydrogen-bond acceptors (Lipinski definition) is 7. The average Bonchev–Trinajstić information content (AvgIpc) is 3.19. The summed E-state index contributed by atoms with van der Waals surface area (Å²) in [4.78, 5) is 25.8. The lowest BCUT2D eigenvalue weighted by Gasteiger charge is -2.35. The van der Waals surface area contributed by atoms with Gasteiger partial charge in [-0.1, -0.05) is 18.5 Å². The highest BCUT2D eigenvalue weighted by molar-refractivity contribution is 6.33. The van der Waals surface area contributed by atoms with Crippen LogP contribution in [0.1, 0.15) is 64.3 Å². The van der Waals surface area contributed by atoms with E-state index in [0.717, 1.165) is 31.4 Å². The molecule has 0 aliphatic heterocycles. The molecule has 2 aliphatic carbocycles. The Labute approximate surface area is 217 Å². The Morgan fingerprint density at radius 2 is 1.97 bits per heavy atom. The number of imidazole rings is 1. The Hall–Kier alpha value is -3.05. The topological polar surface area (TPSA) is 131 Å². The van der Waals surface area contributed by atoms with Crippen LogP contribution in [0.3, 0.4) is 0 Å². The summed E-state index contributed by atoms with van der Waals surface area (Å²) in [7, 11) is 0. The molecule has 2 atom stereocenters. The number of aromatic nitrogens is 4. The highest BCUT2D eigenvalue weighted by Crippen LogP contribution is 2.43. The molecule has 2 aromatic heterocycles. The van der Waals surface area contributed by atoms with Crippen molar-refractivity contribution in [2.45, 2.75) is 76.5 Å². The van der Waals surface area contributed by atoms with E-state index in [1.165, 1.54) is 0 Å². The molecule has 0 bridgehead atoms. The van der Waals surface area contributed by atoms with Crippen molar-refractivity contribution in [2.75, 3.05) is 10.6 Å². The van der Waals surface area contributed by atoms with E-state index in [0.29, 0.717) is 49.2 Å². The fraction of sp³-hybridized carbons (Fsp3) is 0.520. The molecule has 1 amide bonds. The van der Waals surface area contributed by atoms with Crippen molar-refractivity contribution in [3.05, 3.63) is 35.0 Å². The first kappa shape index (κ1) is 25.6. The van der Waals surface area contributed by atoms with E-state index in [-0.39, 0.29) is 40.8 Å². The molecular formula is C25H30ClF2N7O2. The minimum atomic E-state index is -0.849. The summed E-state index contributed by atoms with van der Waals surface area (Å²) >= 11 is 6.15. The molecule has 12 heteroatoms. The Balaban J connectivity index is 1.52. The molecule has 3 aromatic rings. The number of halogens is 3. The maximum absolute atomic E-state index is 14.6. The zero-order valence-electron chi connectivity index (χ0n) is 20.5. The summed E-state index contributed by atoms with van der Waals surface area (Å²) in [6, 6.07) is 1.72. The first-order valence-corrected chi connectivity index (χ1v) is 12.9. The lowest BCUT2D eigenvalue weighted by molar-refractivity contribution is -0.128. The maximum atomic E-state index is 14.6. The fourth-order valence-electron chi connectivity index (χ4n) is 5.39.